The zero-order valence-corrected chi connectivity index (χ0v) is 15.9. The van der Waals surface area contributed by atoms with E-state index in [4.69, 9.17) is 9.84 Å². The molecule has 0 atom stereocenters. The third kappa shape index (κ3) is 6.49. The first kappa shape index (κ1) is 19.4. The number of aryl methyl sites for hydroxylation is 1. The maximum absolute atomic E-state index is 12.1. The van der Waals surface area contributed by atoms with Crippen molar-refractivity contribution in [3.8, 4) is 5.75 Å². The lowest BCUT2D eigenvalue weighted by molar-refractivity contribution is -0.671. The lowest BCUT2D eigenvalue weighted by atomic mass is 10.2. The molecule has 0 aromatic heterocycles. The van der Waals surface area contributed by atoms with Crippen molar-refractivity contribution in [2.45, 2.75) is 19.9 Å². The average molecular weight is 408 g/mol. The highest BCUT2D eigenvalue weighted by Gasteiger charge is 2.10. The molecular formula is C19H24BrN2O3+. The summed E-state index contributed by atoms with van der Waals surface area (Å²) < 4.78 is 6.69. The number of aliphatic hydroxyl groups excluding tert-OH is 1. The largest absolute Gasteiger partial charge is 0.483 e. The number of benzene rings is 2. The number of hydrogen-bond donors (Lipinski definition) is 3. The number of hydrogen-bond acceptors (Lipinski definition) is 3. The number of amides is 1. The number of quaternary nitrogens is 1. The fourth-order valence-electron chi connectivity index (χ4n) is 2.38. The highest BCUT2D eigenvalue weighted by molar-refractivity contribution is 9.10. The van der Waals surface area contributed by atoms with Crippen LogP contribution in [-0.4, -0.2) is 30.8 Å². The van der Waals surface area contributed by atoms with Crippen molar-refractivity contribution in [2.24, 2.45) is 0 Å². The number of ether oxygens (including phenoxy) is 1. The van der Waals surface area contributed by atoms with E-state index >= 15 is 0 Å². The third-order valence-electron chi connectivity index (χ3n) is 3.73. The molecule has 0 aliphatic carbocycles. The van der Waals surface area contributed by atoms with Gasteiger partial charge in [0.25, 0.3) is 5.91 Å². The summed E-state index contributed by atoms with van der Waals surface area (Å²) in [4.78, 5) is 12.1. The molecule has 0 radical (unpaired) electrons. The van der Waals surface area contributed by atoms with E-state index in [1.54, 1.807) is 0 Å². The van der Waals surface area contributed by atoms with E-state index in [1.165, 1.54) is 0 Å². The number of nitrogens with one attached hydrogen (secondary N) is 1. The molecule has 134 valence electrons. The molecule has 0 saturated carbocycles. The van der Waals surface area contributed by atoms with Crippen molar-refractivity contribution in [1.82, 2.24) is 0 Å². The van der Waals surface area contributed by atoms with Gasteiger partial charge in [0, 0.05) is 28.8 Å². The van der Waals surface area contributed by atoms with Gasteiger partial charge < -0.3 is 20.5 Å². The molecule has 0 unspecified atom stereocenters. The average Bonchev–Trinajstić information content (AvgIpc) is 2.60. The van der Waals surface area contributed by atoms with Crippen molar-refractivity contribution < 1.29 is 20.0 Å². The van der Waals surface area contributed by atoms with Crippen LogP contribution in [0.2, 0.25) is 0 Å². The maximum atomic E-state index is 12.1. The van der Waals surface area contributed by atoms with Gasteiger partial charge in [-0.3, -0.25) is 4.79 Å². The topological polar surface area (TPSA) is 75.2 Å². The van der Waals surface area contributed by atoms with Crippen LogP contribution in [0.15, 0.2) is 46.9 Å². The van der Waals surface area contributed by atoms with E-state index in [1.807, 2.05) is 49.4 Å². The standard InChI is InChI=1S/C19H23BrN2O3/c1-14-5-2-3-6-17(14)22-19(24)13-25-18-8-7-16(20)11-15(18)12-21-9-4-10-23/h2-3,5-8,11,21,23H,4,9-10,12-13H2,1H3,(H,22,24)/p+1. The summed E-state index contributed by atoms with van der Waals surface area (Å²) in [5, 5.41) is 13.8. The summed E-state index contributed by atoms with van der Waals surface area (Å²) in [6.07, 6.45) is 0.753. The molecule has 0 heterocycles. The molecule has 1 amide bonds. The molecule has 2 aromatic rings. The van der Waals surface area contributed by atoms with Crippen LogP contribution in [0, 0.1) is 6.92 Å². The molecule has 2 aromatic carbocycles. The Labute approximate surface area is 156 Å². The summed E-state index contributed by atoms with van der Waals surface area (Å²) in [5.74, 6) is 0.510. The molecule has 5 nitrogen and oxygen atoms in total. The van der Waals surface area contributed by atoms with E-state index in [9.17, 15) is 4.79 Å². The Morgan fingerprint density at radius 3 is 2.84 bits per heavy atom. The molecule has 0 aliphatic heterocycles. The molecule has 2 rings (SSSR count). The highest BCUT2D eigenvalue weighted by Crippen LogP contribution is 2.22. The van der Waals surface area contributed by atoms with Crippen molar-refractivity contribution in [1.29, 1.82) is 0 Å². The van der Waals surface area contributed by atoms with E-state index in [-0.39, 0.29) is 19.1 Å². The first-order valence-electron chi connectivity index (χ1n) is 8.29. The Morgan fingerprint density at radius 2 is 2.08 bits per heavy atom. The van der Waals surface area contributed by atoms with Crippen LogP contribution >= 0.6 is 15.9 Å². The van der Waals surface area contributed by atoms with Gasteiger partial charge in [-0.2, -0.15) is 0 Å². The Hall–Kier alpha value is -1.89. The van der Waals surface area contributed by atoms with Gasteiger partial charge >= 0.3 is 0 Å². The van der Waals surface area contributed by atoms with Crippen molar-refractivity contribution >= 4 is 27.5 Å². The number of nitrogens with two attached hydrogens (primary N) is 1. The second kappa shape index (κ2) is 10.2. The summed E-state index contributed by atoms with van der Waals surface area (Å²) >= 11 is 3.46. The predicted octanol–water partition coefficient (Wildman–Crippen LogP) is 2.22. The SMILES string of the molecule is Cc1ccccc1NC(=O)COc1ccc(Br)cc1C[NH2+]CCCO. The van der Waals surface area contributed by atoms with Crippen LogP contribution in [0.25, 0.3) is 0 Å². The third-order valence-corrected chi connectivity index (χ3v) is 4.22. The van der Waals surface area contributed by atoms with Crippen molar-refractivity contribution in [2.75, 3.05) is 25.1 Å². The molecule has 0 fully saturated rings. The minimum atomic E-state index is -0.188. The summed E-state index contributed by atoms with van der Waals surface area (Å²) in [6, 6.07) is 13.4. The van der Waals surface area contributed by atoms with Gasteiger partial charge in [-0.1, -0.05) is 34.1 Å². The number of anilines is 1. The second-order valence-corrected chi connectivity index (χ2v) is 6.68. The van der Waals surface area contributed by atoms with Gasteiger partial charge in [-0.15, -0.1) is 0 Å². The number of aliphatic hydroxyl groups is 1. The van der Waals surface area contributed by atoms with Crippen LogP contribution < -0.4 is 15.4 Å². The van der Waals surface area contributed by atoms with Gasteiger partial charge in [0.15, 0.2) is 6.61 Å². The van der Waals surface area contributed by atoms with E-state index < -0.39 is 0 Å². The zero-order chi connectivity index (χ0) is 18.1. The maximum Gasteiger partial charge on any atom is 0.262 e. The second-order valence-electron chi connectivity index (χ2n) is 5.76. The fraction of sp³-hybridized carbons (Fsp3) is 0.316. The van der Waals surface area contributed by atoms with Crippen LogP contribution in [-0.2, 0) is 11.3 Å². The predicted molar refractivity (Wildman–Crippen MR) is 102 cm³/mol. The summed E-state index contributed by atoms with van der Waals surface area (Å²) in [5.41, 5.74) is 2.82. The molecule has 4 N–H and O–H groups in total. The van der Waals surface area contributed by atoms with E-state index in [0.717, 1.165) is 40.8 Å². The van der Waals surface area contributed by atoms with Crippen molar-refractivity contribution in [3.63, 3.8) is 0 Å². The van der Waals surface area contributed by atoms with Gasteiger partial charge in [0.1, 0.15) is 12.3 Å². The van der Waals surface area contributed by atoms with Crippen LogP contribution in [0.3, 0.4) is 0 Å². The quantitative estimate of drug-likeness (QED) is 0.557. The Kier molecular flexibility index (Phi) is 7.91. The zero-order valence-electron chi connectivity index (χ0n) is 14.3. The minimum Gasteiger partial charge on any atom is -0.483 e. The van der Waals surface area contributed by atoms with E-state index in [0.29, 0.717) is 5.75 Å². The minimum absolute atomic E-state index is 0.0421. The van der Waals surface area contributed by atoms with Gasteiger partial charge in [-0.05, 0) is 36.8 Å². The monoisotopic (exact) mass is 407 g/mol. The number of para-hydroxylation sites is 1. The smallest absolute Gasteiger partial charge is 0.262 e. The Balaban J connectivity index is 1.93. The number of carbonyl (C=O) groups is 1. The van der Waals surface area contributed by atoms with Crippen LogP contribution in [0.5, 0.6) is 5.75 Å². The van der Waals surface area contributed by atoms with Gasteiger partial charge in [0.05, 0.1) is 6.54 Å². The number of rotatable bonds is 9. The van der Waals surface area contributed by atoms with E-state index in [2.05, 4.69) is 26.6 Å². The molecule has 0 aliphatic rings. The first-order valence-corrected chi connectivity index (χ1v) is 9.08. The summed E-state index contributed by atoms with van der Waals surface area (Å²) in [6.45, 7) is 3.67. The van der Waals surface area contributed by atoms with Crippen molar-refractivity contribution in [3.05, 3.63) is 58.1 Å². The molecule has 0 saturated heterocycles. The fourth-order valence-corrected chi connectivity index (χ4v) is 2.79. The first-order chi connectivity index (χ1) is 12.1. The lowest BCUT2D eigenvalue weighted by Crippen LogP contribution is -2.82. The van der Waals surface area contributed by atoms with Gasteiger partial charge in [0.2, 0.25) is 0 Å². The number of carbonyl (C=O) groups excluding carboxylic acids is 1. The lowest BCUT2D eigenvalue weighted by Gasteiger charge is -2.12. The summed E-state index contributed by atoms with van der Waals surface area (Å²) in [7, 11) is 0. The molecule has 25 heavy (non-hydrogen) atoms. The molecule has 6 heteroatoms. The van der Waals surface area contributed by atoms with Crippen LogP contribution in [0.1, 0.15) is 17.5 Å². The van der Waals surface area contributed by atoms with Gasteiger partial charge in [-0.25, -0.2) is 0 Å². The Morgan fingerprint density at radius 1 is 1.28 bits per heavy atom. The normalized spacial score (nSPS) is 10.5. The Bertz CT molecular complexity index is 707. The van der Waals surface area contributed by atoms with Crippen LogP contribution in [0.4, 0.5) is 5.69 Å². The highest BCUT2D eigenvalue weighted by atomic mass is 79.9. The number of halogens is 1. The molecule has 0 spiro atoms. The molecular weight excluding hydrogens is 384 g/mol. The molecule has 0 bridgehead atoms.